The summed E-state index contributed by atoms with van der Waals surface area (Å²) < 4.78 is 0. The van der Waals surface area contributed by atoms with Crippen molar-refractivity contribution < 1.29 is 0 Å². The summed E-state index contributed by atoms with van der Waals surface area (Å²) in [5, 5.41) is 6.79. The number of hydrogen-bond donors (Lipinski definition) is 2. The van der Waals surface area contributed by atoms with Gasteiger partial charge in [0.15, 0.2) is 5.96 Å². The summed E-state index contributed by atoms with van der Waals surface area (Å²) in [6, 6.07) is 10.9. The van der Waals surface area contributed by atoms with E-state index in [1.807, 2.05) is 7.05 Å². The van der Waals surface area contributed by atoms with Gasteiger partial charge >= 0.3 is 0 Å². The number of nitrogens with zero attached hydrogens (tertiary/aromatic N) is 2. The van der Waals surface area contributed by atoms with Crippen LogP contribution in [0.5, 0.6) is 0 Å². The summed E-state index contributed by atoms with van der Waals surface area (Å²) in [5.74, 6) is 0.883. The molecular weight excluding hydrogens is 260 g/mol. The van der Waals surface area contributed by atoms with Crippen LogP contribution in [0.25, 0.3) is 0 Å². The van der Waals surface area contributed by atoms with Crippen molar-refractivity contribution >= 4 is 5.96 Å². The van der Waals surface area contributed by atoms with E-state index in [-0.39, 0.29) is 0 Å². The highest BCUT2D eigenvalue weighted by molar-refractivity contribution is 5.79. The Hall–Kier alpha value is -1.55. The first-order chi connectivity index (χ1) is 10.2. The average molecular weight is 290 g/mol. The summed E-state index contributed by atoms with van der Waals surface area (Å²) in [6.07, 6.45) is 3.69. The molecule has 1 atom stereocenters. The molecule has 1 rings (SSSR count). The van der Waals surface area contributed by atoms with Crippen molar-refractivity contribution in [1.82, 2.24) is 15.5 Å². The Bertz CT molecular complexity index is 401. The van der Waals surface area contributed by atoms with Crippen molar-refractivity contribution in [2.24, 2.45) is 4.99 Å². The van der Waals surface area contributed by atoms with Crippen LogP contribution in [0, 0.1) is 0 Å². The monoisotopic (exact) mass is 290 g/mol. The quantitative estimate of drug-likeness (QED) is 0.439. The number of rotatable bonds is 8. The largest absolute Gasteiger partial charge is 0.356 e. The molecule has 1 aromatic carbocycles. The number of hydrogen-bond acceptors (Lipinski definition) is 2. The second-order valence-corrected chi connectivity index (χ2v) is 5.48. The zero-order valence-corrected chi connectivity index (χ0v) is 13.9. The zero-order chi connectivity index (χ0) is 15.5. The SMILES string of the molecule is CCCCCNC(=NC)NCC(c1ccccc1)N(C)C. The van der Waals surface area contributed by atoms with Crippen molar-refractivity contribution in [1.29, 1.82) is 0 Å². The van der Waals surface area contributed by atoms with Crippen LogP contribution in [0.4, 0.5) is 0 Å². The molecule has 0 aliphatic carbocycles. The molecule has 4 heteroatoms. The standard InChI is InChI=1S/C17H30N4/c1-5-6-10-13-19-17(18-2)20-14-16(21(3)4)15-11-8-7-9-12-15/h7-9,11-12,16H,5-6,10,13-14H2,1-4H3,(H2,18,19,20). The van der Waals surface area contributed by atoms with Crippen LogP contribution in [-0.4, -0.2) is 45.1 Å². The van der Waals surface area contributed by atoms with E-state index in [1.54, 1.807) is 0 Å². The van der Waals surface area contributed by atoms with Gasteiger partial charge in [0, 0.05) is 20.1 Å². The molecule has 4 nitrogen and oxygen atoms in total. The minimum absolute atomic E-state index is 0.334. The Morgan fingerprint density at radius 3 is 2.43 bits per heavy atom. The van der Waals surface area contributed by atoms with Crippen LogP contribution < -0.4 is 10.6 Å². The van der Waals surface area contributed by atoms with E-state index in [1.165, 1.54) is 24.8 Å². The van der Waals surface area contributed by atoms with Gasteiger partial charge in [-0.15, -0.1) is 0 Å². The first kappa shape index (κ1) is 17.5. The predicted octanol–water partition coefficient (Wildman–Crippen LogP) is 2.64. The summed E-state index contributed by atoms with van der Waals surface area (Å²) in [4.78, 5) is 6.52. The zero-order valence-electron chi connectivity index (χ0n) is 13.9. The van der Waals surface area contributed by atoms with Crippen LogP contribution in [0.1, 0.15) is 37.8 Å². The van der Waals surface area contributed by atoms with Crippen molar-refractivity contribution in [2.45, 2.75) is 32.2 Å². The molecule has 0 bridgehead atoms. The average Bonchev–Trinajstić information content (AvgIpc) is 2.50. The van der Waals surface area contributed by atoms with Gasteiger partial charge in [-0.1, -0.05) is 50.1 Å². The van der Waals surface area contributed by atoms with Crippen molar-refractivity contribution in [3.8, 4) is 0 Å². The summed E-state index contributed by atoms with van der Waals surface area (Å²) in [6.45, 7) is 4.03. The maximum atomic E-state index is 4.29. The maximum absolute atomic E-state index is 4.29. The molecule has 118 valence electrons. The van der Waals surface area contributed by atoms with E-state index in [0.29, 0.717) is 6.04 Å². The van der Waals surface area contributed by atoms with Gasteiger partial charge in [-0.2, -0.15) is 0 Å². The maximum Gasteiger partial charge on any atom is 0.191 e. The van der Waals surface area contributed by atoms with Gasteiger partial charge in [0.1, 0.15) is 0 Å². The van der Waals surface area contributed by atoms with Gasteiger partial charge in [-0.05, 0) is 26.1 Å². The minimum atomic E-state index is 0.334. The number of unbranched alkanes of at least 4 members (excludes halogenated alkanes) is 2. The molecule has 0 aliphatic rings. The molecule has 21 heavy (non-hydrogen) atoms. The van der Waals surface area contributed by atoms with Crippen molar-refractivity contribution in [2.75, 3.05) is 34.2 Å². The van der Waals surface area contributed by atoms with E-state index < -0.39 is 0 Å². The second kappa shape index (κ2) is 10.2. The normalized spacial score (nSPS) is 13.3. The highest BCUT2D eigenvalue weighted by Crippen LogP contribution is 2.16. The van der Waals surface area contributed by atoms with Crippen molar-refractivity contribution in [3.63, 3.8) is 0 Å². The third kappa shape index (κ3) is 6.63. The summed E-state index contributed by atoms with van der Waals surface area (Å²) in [7, 11) is 6.04. The predicted molar refractivity (Wildman–Crippen MR) is 91.8 cm³/mol. The lowest BCUT2D eigenvalue weighted by Crippen LogP contribution is -2.42. The molecule has 0 aliphatic heterocycles. The molecule has 0 saturated heterocycles. The Balaban J connectivity index is 2.49. The first-order valence-electron chi connectivity index (χ1n) is 7.85. The molecule has 0 amide bonds. The minimum Gasteiger partial charge on any atom is -0.356 e. The number of nitrogens with one attached hydrogen (secondary N) is 2. The fourth-order valence-corrected chi connectivity index (χ4v) is 2.27. The van der Waals surface area contributed by atoms with Crippen LogP contribution in [-0.2, 0) is 0 Å². The van der Waals surface area contributed by atoms with E-state index in [2.05, 4.69) is 71.9 Å². The van der Waals surface area contributed by atoms with Gasteiger partial charge in [-0.25, -0.2) is 0 Å². The number of guanidine groups is 1. The summed E-state index contributed by atoms with van der Waals surface area (Å²) in [5.41, 5.74) is 1.32. The first-order valence-corrected chi connectivity index (χ1v) is 7.85. The molecule has 0 spiro atoms. The molecule has 0 saturated carbocycles. The topological polar surface area (TPSA) is 39.7 Å². The third-order valence-electron chi connectivity index (χ3n) is 3.57. The number of aliphatic imine (C=N–C) groups is 1. The lowest BCUT2D eigenvalue weighted by molar-refractivity contribution is 0.298. The Morgan fingerprint density at radius 1 is 1.14 bits per heavy atom. The number of likely N-dealkylation sites (N-methyl/N-ethyl adjacent to an activating group) is 1. The van der Waals surface area contributed by atoms with Gasteiger partial charge in [0.25, 0.3) is 0 Å². The van der Waals surface area contributed by atoms with Gasteiger partial charge in [0.2, 0.25) is 0 Å². The van der Waals surface area contributed by atoms with Crippen LogP contribution in [0.2, 0.25) is 0 Å². The molecule has 0 fully saturated rings. The molecule has 0 heterocycles. The number of benzene rings is 1. The Kier molecular flexibility index (Phi) is 8.51. The highest BCUT2D eigenvalue weighted by Gasteiger charge is 2.13. The lowest BCUT2D eigenvalue weighted by atomic mass is 10.1. The second-order valence-electron chi connectivity index (χ2n) is 5.48. The van der Waals surface area contributed by atoms with Crippen LogP contribution >= 0.6 is 0 Å². The van der Waals surface area contributed by atoms with Gasteiger partial charge in [-0.3, -0.25) is 4.99 Å². The van der Waals surface area contributed by atoms with Gasteiger partial charge < -0.3 is 15.5 Å². The van der Waals surface area contributed by atoms with E-state index in [4.69, 9.17) is 0 Å². The molecule has 2 N–H and O–H groups in total. The third-order valence-corrected chi connectivity index (χ3v) is 3.57. The lowest BCUT2D eigenvalue weighted by Gasteiger charge is -2.26. The van der Waals surface area contributed by atoms with Crippen LogP contribution in [0.3, 0.4) is 0 Å². The molecule has 1 unspecified atom stereocenters. The van der Waals surface area contributed by atoms with E-state index in [0.717, 1.165) is 19.0 Å². The molecule has 0 radical (unpaired) electrons. The fraction of sp³-hybridized carbons (Fsp3) is 0.588. The van der Waals surface area contributed by atoms with E-state index >= 15 is 0 Å². The van der Waals surface area contributed by atoms with Gasteiger partial charge in [0.05, 0.1) is 6.04 Å². The fourth-order valence-electron chi connectivity index (χ4n) is 2.27. The summed E-state index contributed by atoms with van der Waals surface area (Å²) >= 11 is 0. The molecule has 0 aromatic heterocycles. The van der Waals surface area contributed by atoms with Crippen LogP contribution in [0.15, 0.2) is 35.3 Å². The molecular formula is C17H30N4. The highest BCUT2D eigenvalue weighted by atomic mass is 15.2. The molecule has 1 aromatic rings. The van der Waals surface area contributed by atoms with Crippen molar-refractivity contribution in [3.05, 3.63) is 35.9 Å². The Morgan fingerprint density at radius 2 is 1.86 bits per heavy atom. The smallest absolute Gasteiger partial charge is 0.191 e. The Labute approximate surface area is 129 Å². The van der Waals surface area contributed by atoms with E-state index in [9.17, 15) is 0 Å².